The number of hydrogen-bond donors (Lipinski definition) is 0. The lowest BCUT2D eigenvalue weighted by Crippen LogP contribution is -2.46. The number of anilines is 1. The lowest BCUT2D eigenvalue weighted by atomic mass is 10.1. The van der Waals surface area contributed by atoms with E-state index in [2.05, 4.69) is 15.9 Å². The number of halogens is 1. The van der Waals surface area contributed by atoms with E-state index in [1.807, 2.05) is 31.2 Å². The van der Waals surface area contributed by atoms with Crippen LogP contribution in [0.4, 0.5) is 5.69 Å². The molecule has 1 atom stereocenters. The van der Waals surface area contributed by atoms with E-state index in [4.69, 9.17) is 10.00 Å². The molecule has 0 spiro atoms. The summed E-state index contributed by atoms with van der Waals surface area (Å²) in [5.74, 6) is -0.109. The van der Waals surface area contributed by atoms with Gasteiger partial charge in [-0.05, 0) is 30.7 Å². The monoisotopic (exact) mass is 294 g/mol. The Morgan fingerprint density at radius 3 is 3.00 bits per heavy atom. The third kappa shape index (κ3) is 2.48. The summed E-state index contributed by atoms with van der Waals surface area (Å²) >= 11 is 3.38. The molecule has 5 heteroatoms. The SMILES string of the molecule is Cc1cc(Br)ccc1N1CC(C#N)OCC1=O. The predicted molar refractivity (Wildman–Crippen MR) is 66.6 cm³/mol. The number of aryl methyl sites for hydroxylation is 1. The minimum absolute atomic E-state index is 0.0340. The van der Waals surface area contributed by atoms with Gasteiger partial charge in [-0.1, -0.05) is 15.9 Å². The van der Waals surface area contributed by atoms with Crippen LogP contribution in [0.15, 0.2) is 22.7 Å². The van der Waals surface area contributed by atoms with Gasteiger partial charge in [0.25, 0.3) is 5.91 Å². The summed E-state index contributed by atoms with van der Waals surface area (Å²) in [6, 6.07) is 7.73. The minimum Gasteiger partial charge on any atom is -0.352 e. The van der Waals surface area contributed by atoms with Crippen molar-refractivity contribution < 1.29 is 9.53 Å². The predicted octanol–water partition coefficient (Wildman–Crippen LogP) is 2.01. The van der Waals surface area contributed by atoms with E-state index in [1.165, 1.54) is 0 Å². The van der Waals surface area contributed by atoms with Crippen LogP contribution in [0.2, 0.25) is 0 Å². The van der Waals surface area contributed by atoms with Crippen molar-refractivity contribution >= 4 is 27.5 Å². The summed E-state index contributed by atoms with van der Waals surface area (Å²) < 4.78 is 6.06. The number of carbonyl (C=O) groups is 1. The van der Waals surface area contributed by atoms with Gasteiger partial charge in [-0.3, -0.25) is 4.79 Å². The Morgan fingerprint density at radius 2 is 2.35 bits per heavy atom. The smallest absolute Gasteiger partial charge is 0.253 e. The van der Waals surface area contributed by atoms with Crippen molar-refractivity contribution in [3.63, 3.8) is 0 Å². The van der Waals surface area contributed by atoms with Gasteiger partial charge < -0.3 is 9.64 Å². The van der Waals surface area contributed by atoms with Crippen LogP contribution in [0.5, 0.6) is 0 Å². The minimum atomic E-state index is -0.546. The van der Waals surface area contributed by atoms with Gasteiger partial charge >= 0.3 is 0 Å². The molecule has 0 N–H and O–H groups in total. The van der Waals surface area contributed by atoms with Crippen molar-refractivity contribution in [3.8, 4) is 6.07 Å². The maximum absolute atomic E-state index is 11.8. The fourth-order valence-electron chi connectivity index (χ4n) is 1.80. The average Bonchev–Trinajstić information content (AvgIpc) is 2.30. The van der Waals surface area contributed by atoms with Gasteiger partial charge in [-0.15, -0.1) is 0 Å². The molecule has 0 bridgehead atoms. The van der Waals surface area contributed by atoms with Crippen LogP contribution in [0.1, 0.15) is 5.56 Å². The number of rotatable bonds is 1. The first kappa shape index (κ1) is 12.1. The molecule has 1 saturated heterocycles. The maximum Gasteiger partial charge on any atom is 0.253 e. The second kappa shape index (κ2) is 4.86. The van der Waals surface area contributed by atoms with E-state index in [1.54, 1.807) is 4.90 Å². The van der Waals surface area contributed by atoms with Crippen LogP contribution in [0, 0.1) is 18.3 Å². The molecular weight excluding hydrogens is 284 g/mol. The summed E-state index contributed by atoms with van der Waals surface area (Å²) in [7, 11) is 0. The van der Waals surface area contributed by atoms with Gasteiger partial charge in [-0.2, -0.15) is 5.26 Å². The molecule has 0 aromatic heterocycles. The molecule has 1 aliphatic heterocycles. The molecule has 1 aromatic rings. The van der Waals surface area contributed by atoms with Crippen molar-refractivity contribution in [2.75, 3.05) is 18.1 Å². The molecule has 0 saturated carbocycles. The highest BCUT2D eigenvalue weighted by molar-refractivity contribution is 9.10. The van der Waals surface area contributed by atoms with Crippen LogP contribution in [0.3, 0.4) is 0 Å². The maximum atomic E-state index is 11.8. The molecule has 0 radical (unpaired) electrons. The van der Waals surface area contributed by atoms with E-state index in [0.717, 1.165) is 15.7 Å². The zero-order chi connectivity index (χ0) is 12.4. The van der Waals surface area contributed by atoms with Crippen molar-refractivity contribution in [3.05, 3.63) is 28.2 Å². The average molecular weight is 295 g/mol. The molecule has 0 aliphatic carbocycles. The fraction of sp³-hybridized carbons (Fsp3) is 0.333. The third-order valence-electron chi connectivity index (χ3n) is 2.65. The Bertz CT molecular complexity index is 496. The third-order valence-corrected chi connectivity index (χ3v) is 3.14. The van der Waals surface area contributed by atoms with E-state index >= 15 is 0 Å². The van der Waals surface area contributed by atoms with Crippen LogP contribution >= 0.6 is 15.9 Å². The number of nitriles is 1. The van der Waals surface area contributed by atoms with Crippen molar-refractivity contribution in [2.45, 2.75) is 13.0 Å². The number of ether oxygens (including phenoxy) is 1. The molecular formula is C12H11BrN2O2. The highest BCUT2D eigenvalue weighted by Crippen LogP contribution is 2.25. The fourth-order valence-corrected chi connectivity index (χ4v) is 2.28. The van der Waals surface area contributed by atoms with Crippen LogP contribution in [0.25, 0.3) is 0 Å². The van der Waals surface area contributed by atoms with Crippen LogP contribution < -0.4 is 4.90 Å². The summed E-state index contributed by atoms with van der Waals surface area (Å²) in [5, 5.41) is 8.83. The number of nitrogens with zero attached hydrogens (tertiary/aromatic N) is 2. The van der Waals surface area contributed by atoms with Gasteiger partial charge in [-0.25, -0.2) is 0 Å². The molecule has 17 heavy (non-hydrogen) atoms. The van der Waals surface area contributed by atoms with Crippen LogP contribution in [-0.2, 0) is 9.53 Å². The Balaban J connectivity index is 2.31. The van der Waals surface area contributed by atoms with Gasteiger partial charge in [0.15, 0.2) is 6.10 Å². The quantitative estimate of drug-likeness (QED) is 0.796. The Kier molecular flexibility index (Phi) is 3.46. The molecule has 2 rings (SSSR count). The van der Waals surface area contributed by atoms with Crippen molar-refractivity contribution in [1.82, 2.24) is 0 Å². The Morgan fingerprint density at radius 1 is 1.59 bits per heavy atom. The molecule has 1 unspecified atom stereocenters. The van der Waals surface area contributed by atoms with E-state index in [-0.39, 0.29) is 19.1 Å². The molecule has 1 heterocycles. The molecule has 1 amide bonds. The highest BCUT2D eigenvalue weighted by atomic mass is 79.9. The molecule has 88 valence electrons. The Hall–Kier alpha value is -1.38. The molecule has 4 nitrogen and oxygen atoms in total. The van der Waals surface area contributed by atoms with Gasteiger partial charge in [0.05, 0.1) is 12.6 Å². The second-order valence-electron chi connectivity index (χ2n) is 3.86. The van der Waals surface area contributed by atoms with Gasteiger partial charge in [0, 0.05) is 10.2 Å². The zero-order valence-electron chi connectivity index (χ0n) is 9.31. The van der Waals surface area contributed by atoms with Gasteiger partial charge in [0.1, 0.15) is 6.61 Å². The summed E-state index contributed by atoms with van der Waals surface area (Å²) in [6.45, 7) is 2.19. The first-order valence-corrected chi connectivity index (χ1v) is 5.99. The summed E-state index contributed by atoms with van der Waals surface area (Å²) in [5.41, 5.74) is 1.83. The lowest BCUT2D eigenvalue weighted by Gasteiger charge is -2.30. The standard InChI is InChI=1S/C12H11BrN2O2/c1-8-4-9(13)2-3-11(8)15-6-10(5-14)17-7-12(15)16/h2-4,10H,6-7H2,1H3. The topological polar surface area (TPSA) is 53.3 Å². The molecule has 1 fully saturated rings. The number of amides is 1. The van der Waals surface area contributed by atoms with E-state index in [9.17, 15) is 4.79 Å². The van der Waals surface area contributed by atoms with Crippen LogP contribution in [-0.4, -0.2) is 25.2 Å². The second-order valence-corrected chi connectivity index (χ2v) is 4.78. The normalized spacial score (nSPS) is 20.2. The van der Waals surface area contributed by atoms with Gasteiger partial charge in [0.2, 0.25) is 0 Å². The number of carbonyl (C=O) groups excluding carboxylic acids is 1. The Labute approximate surface area is 108 Å². The molecule has 1 aromatic carbocycles. The van der Waals surface area contributed by atoms with Crippen molar-refractivity contribution in [2.24, 2.45) is 0 Å². The summed E-state index contributed by atoms with van der Waals surface area (Å²) in [4.78, 5) is 13.4. The zero-order valence-corrected chi connectivity index (χ0v) is 10.9. The number of morpholine rings is 1. The van der Waals surface area contributed by atoms with Crippen molar-refractivity contribution in [1.29, 1.82) is 5.26 Å². The first-order valence-electron chi connectivity index (χ1n) is 5.19. The van der Waals surface area contributed by atoms with E-state index in [0.29, 0.717) is 0 Å². The first-order chi connectivity index (χ1) is 8.11. The number of hydrogen-bond acceptors (Lipinski definition) is 3. The largest absolute Gasteiger partial charge is 0.352 e. The lowest BCUT2D eigenvalue weighted by molar-refractivity contribution is -0.127. The van der Waals surface area contributed by atoms with E-state index < -0.39 is 6.10 Å². The number of benzene rings is 1. The molecule has 1 aliphatic rings. The summed E-state index contributed by atoms with van der Waals surface area (Å²) in [6.07, 6.45) is -0.546. The highest BCUT2D eigenvalue weighted by Gasteiger charge is 2.27.